The number of hydrogen-bond acceptors (Lipinski definition) is 8. The number of nitro groups is 1. The van der Waals surface area contributed by atoms with E-state index in [4.69, 9.17) is 4.42 Å². The van der Waals surface area contributed by atoms with Crippen molar-refractivity contribution in [3.8, 4) is 17.3 Å². The lowest BCUT2D eigenvalue weighted by atomic mass is 10.1. The summed E-state index contributed by atoms with van der Waals surface area (Å²) in [7, 11) is 0. The number of nitrogens with zero attached hydrogens (tertiary/aromatic N) is 3. The van der Waals surface area contributed by atoms with Crippen molar-refractivity contribution in [1.82, 2.24) is 4.98 Å². The minimum absolute atomic E-state index is 0.0606. The highest BCUT2D eigenvalue weighted by Crippen LogP contribution is 2.34. The number of nitrogens with one attached hydrogen (secondary N) is 1. The van der Waals surface area contributed by atoms with Crippen LogP contribution in [0.15, 0.2) is 69.3 Å². The normalized spacial score (nSPS) is 11.9. The molecule has 0 aliphatic heterocycles. The first-order valence-electron chi connectivity index (χ1n) is 9.38. The van der Waals surface area contributed by atoms with Crippen molar-refractivity contribution in [2.75, 3.05) is 5.32 Å². The van der Waals surface area contributed by atoms with Gasteiger partial charge in [0.15, 0.2) is 0 Å². The zero-order valence-corrected chi connectivity index (χ0v) is 17.6. The maximum atomic E-state index is 13.2. The third-order valence-electron chi connectivity index (χ3n) is 4.66. The molecule has 0 atom stereocenters. The van der Waals surface area contributed by atoms with Gasteiger partial charge in [-0.15, -0.1) is 11.3 Å². The van der Waals surface area contributed by atoms with Gasteiger partial charge in [-0.1, -0.05) is 0 Å². The molecule has 0 aliphatic rings. The number of alkyl halides is 3. The van der Waals surface area contributed by atoms with Crippen LogP contribution in [0, 0.1) is 21.4 Å². The zero-order chi connectivity index (χ0) is 24.5. The standard InChI is InChI=1S/C22H11F3N4O4S/c23-22(24,25)17-8-20(30)33-19-7-14(3-6-16(17)19)27-10-13(9-26)21-28-18(11-34-21)12-1-4-15(5-2-12)29(31)32/h1-8,10-11,27H/b13-10+. The van der Waals surface area contributed by atoms with Gasteiger partial charge >= 0.3 is 11.8 Å². The lowest BCUT2D eigenvalue weighted by molar-refractivity contribution is -0.384. The molecule has 4 aromatic rings. The Hall–Kier alpha value is -4.50. The van der Waals surface area contributed by atoms with Gasteiger partial charge in [0.25, 0.3) is 5.69 Å². The highest BCUT2D eigenvalue weighted by Gasteiger charge is 2.33. The van der Waals surface area contributed by atoms with Crippen LogP contribution in [0.25, 0.3) is 27.8 Å². The largest absolute Gasteiger partial charge is 0.423 e. The van der Waals surface area contributed by atoms with Crippen molar-refractivity contribution in [2.45, 2.75) is 6.18 Å². The Morgan fingerprint density at radius 3 is 2.59 bits per heavy atom. The van der Waals surface area contributed by atoms with E-state index in [0.29, 0.717) is 22.3 Å². The summed E-state index contributed by atoms with van der Waals surface area (Å²) in [6.07, 6.45) is -3.39. The van der Waals surface area contributed by atoms with Gasteiger partial charge in [-0.2, -0.15) is 18.4 Å². The van der Waals surface area contributed by atoms with Crippen LogP contribution in [0.3, 0.4) is 0 Å². The summed E-state index contributed by atoms with van der Waals surface area (Å²) in [4.78, 5) is 26.2. The molecule has 1 N–H and O–H groups in total. The molecule has 0 radical (unpaired) electrons. The van der Waals surface area contributed by atoms with E-state index in [-0.39, 0.29) is 27.9 Å². The molecule has 0 spiro atoms. The van der Waals surface area contributed by atoms with Gasteiger partial charge in [0, 0.05) is 52.5 Å². The molecule has 0 saturated heterocycles. The van der Waals surface area contributed by atoms with Crippen molar-refractivity contribution < 1.29 is 22.5 Å². The number of nitro benzene ring substituents is 1. The summed E-state index contributed by atoms with van der Waals surface area (Å²) in [6.45, 7) is 0. The van der Waals surface area contributed by atoms with Crippen LogP contribution < -0.4 is 10.9 Å². The summed E-state index contributed by atoms with van der Waals surface area (Å²) < 4.78 is 44.5. The van der Waals surface area contributed by atoms with E-state index in [1.807, 2.05) is 6.07 Å². The molecule has 4 rings (SSSR count). The summed E-state index contributed by atoms with van der Waals surface area (Å²) in [6, 6.07) is 11.9. The second kappa shape index (κ2) is 8.80. The molecule has 2 aromatic heterocycles. The number of fused-ring (bicyclic) bond motifs is 1. The smallest absolute Gasteiger partial charge is 0.417 e. The molecule has 0 aliphatic carbocycles. The average molecular weight is 484 g/mol. The van der Waals surface area contributed by atoms with Gasteiger partial charge in [-0.25, -0.2) is 9.78 Å². The van der Waals surface area contributed by atoms with E-state index in [1.54, 1.807) is 17.5 Å². The molecule has 0 unspecified atom stereocenters. The molecule has 2 heterocycles. The van der Waals surface area contributed by atoms with Crippen LogP contribution in [0.5, 0.6) is 0 Å². The number of allylic oxidation sites excluding steroid dienone is 1. The highest BCUT2D eigenvalue weighted by atomic mass is 32.1. The number of non-ortho nitro benzene ring substituents is 1. The maximum Gasteiger partial charge on any atom is 0.417 e. The first-order chi connectivity index (χ1) is 16.2. The minimum atomic E-state index is -4.72. The summed E-state index contributed by atoms with van der Waals surface area (Å²) in [5.41, 5.74) is -0.974. The summed E-state index contributed by atoms with van der Waals surface area (Å²) in [5, 5.41) is 24.9. The Bertz CT molecular complexity index is 1530. The molecule has 0 bridgehead atoms. The molecule has 12 heteroatoms. The van der Waals surface area contributed by atoms with Crippen molar-refractivity contribution >= 4 is 39.3 Å². The number of benzene rings is 2. The van der Waals surface area contributed by atoms with Gasteiger partial charge in [-0.05, 0) is 24.3 Å². The first-order valence-corrected chi connectivity index (χ1v) is 10.3. The van der Waals surface area contributed by atoms with E-state index in [0.717, 1.165) is 0 Å². The molecule has 0 saturated carbocycles. The predicted octanol–water partition coefficient (Wildman–Crippen LogP) is 5.82. The average Bonchev–Trinajstić information content (AvgIpc) is 3.28. The lowest BCUT2D eigenvalue weighted by Crippen LogP contribution is -2.11. The molecule has 34 heavy (non-hydrogen) atoms. The van der Waals surface area contributed by atoms with E-state index >= 15 is 0 Å². The number of hydrogen-bond donors (Lipinski definition) is 1. The number of halogens is 3. The number of rotatable bonds is 5. The fourth-order valence-electron chi connectivity index (χ4n) is 3.07. The number of anilines is 1. The van der Waals surface area contributed by atoms with Gasteiger partial charge in [0.2, 0.25) is 0 Å². The fourth-order valence-corrected chi connectivity index (χ4v) is 3.86. The maximum absolute atomic E-state index is 13.2. The van der Waals surface area contributed by atoms with E-state index in [9.17, 15) is 33.3 Å². The van der Waals surface area contributed by atoms with E-state index < -0.39 is 22.3 Å². The number of nitriles is 1. The van der Waals surface area contributed by atoms with E-state index in [1.165, 1.54) is 47.9 Å². The summed E-state index contributed by atoms with van der Waals surface area (Å²) >= 11 is 1.17. The highest BCUT2D eigenvalue weighted by molar-refractivity contribution is 7.11. The van der Waals surface area contributed by atoms with Crippen molar-refractivity contribution in [3.05, 3.63) is 91.2 Å². The van der Waals surface area contributed by atoms with Gasteiger partial charge < -0.3 is 9.73 Å². The number of thiazole rings is 1. The van der Waals surface area contributed by atoms with Gasteiger partial charge in [0.1, 0.15) is 22.2 Å². The van der Waals surface area contributed by atoms with Crippen LogP contribution >= 0.6 is 11.3 Å². The molecule has 8 nitrogen and oxygen atoms in total. The molecule has 0 amide bonds. The molecule has 2 aromatic carbocycles. The number of aromatic nitrogens is 1. The van der Waals surface area contributed by atoms with E-state index in [2.05, 4.69) is 10.3 Å². The molecular weight excluding hydrogens is 473 g/mol. The van der Waals surface area contributed by atoms with Crippen LogP contribution in [0.1, 0.15) is 10.6 Å². The van der Waals surface area contributed by atoms with Crippen LogP contribution in [-0.4, -0.2) is 9.91 Å². The Balaban J connectivity index is 1.60. The first kappa shape index (κ1) is 22.7. The van der Waals surface area contributed by atoms with Crippen LogP contribution in [0.2, 0.25) is 0 Å². The Labute approximate surface area is 192 Å². The Morgan fingerprint density at radius 1 is 1.21 bits per heavy atom. The molecule has 0 fully saturated rings. The lowest BCUT2D eigenvalue weighted by Gasteiger charge is -2.10. The zero-order valence-electron chi connectivity index (χ0n) is 16.8. The van der Waals surface area contributed by atoms with Gasteiger partial charge in [0.05, 0.1) is 16.2 Å². The molecular formula is C22H11F3N4O4S. The SMILES string of the molecule is N#C/C(=C\Nc1ccc2c(C(F)(F)F)cc(=O)oc2c1)c1nc(-c2ccc([N+](=O)[O-])cc2)cs1. The second-order valence-electron chi connectivity index (χ2n) is 6.84. The van der Waals surface area contributed by atoms with Crippen molar-refractivity contribution in [1.29, 1.82) is 5.26 Å². The van der Waals surface area contributed by atoms with Crippen LogP contribution in [-0.2, 0) is 6.18 Å². The second-order valence-corrected chi connectivity index (χ2v) is 7.70. The molecule has 170 valence electrons. The van der Waals surface area contributed by atoms with Crippen LogP contribution in [0.4, 0.5) is 24.5 Å². The topological polar surface area (TPSA) is 122 Å². The Kier molecular flexibility index (Phi) is 5.87. The van der Waals surface area contributed by atoms with Crippen molar-refractivity contribution in [3.63, 3.8) is 0 Å². The summed E-state index contributed by atoms with van der Waals surface area (Å²) in [5.74, 6) is 0. The third kappa shape index (κ3) is 4.64. The minimum Gasteiger partial charge on any atom is -0.423 e. The quantitative estimate of drug-likeness (QED) is 0.164. The Morgan fingerprint density at radius 2 is 1.94 bits per heavy atom. The van der Waals surface area contributed by atoms with Crippen molar-refractivity contribution in [2.24, 2.45) is 0 Å². The predicted molar refractivity (Wildman–Crippen MR) is 119 cm³/mol. The fraction of sp³-hybridized carbons (Fsp3) is 0.0455. The third-order valence-corrected chi connectivity index (χ3v) is 5.54. The van der Waals surface area contributed by atoms with Gasteiger partial charge in [-0.3, -0.25) is 10.1 Å². The monoisotopic (exact) mass is 484 g/mol.